The first-order chi connectivity index (χ1) is 9.12. The van der Waals surface area contributed by atoms with Gasteiger partial charge in [-0.2, -0.15) is 0 Å². The number of ether oxygens (including phenoxy) is 3. The number of methoxy groups -OCH3 is 2. The van der Waals surface area contributed by atoms with E-state index in [2.05, 4.69) is 9.47 Å². The van der Waals surface area contributed by atoms with Gasteiger partial charge in [-0.15, -0.1) is 12.4 Å². The topological polar surface area (TPSA) is 87.9 Å². The van der Waals surface area contributed by atoms with E-state index in [9.17, 15) is 9.59 Å². The number of hydrogen-bond acceptors (Lipinski definition) is 6. The smallest absolute Gasteiger partial charge is 0.338 e. The Morgan fingerprint density at radius 1 is 1.05 bits per heavy atom. The van der Waals surface area contributed by atoms with E-state index in [4.69, 9.17) is 10.5 Å². The van der Waals surface area contributed by atoms with Crippen LogP contribution in [0.2, 0.25) is 0 Å². The minimum absolute atomic E-state index is 0. The van der Waals surface area contributed by atoms with E-state index in [0.29, 0.717) is 25.3 Å². The second kappa shape index (κ2) is 9.17. The zero-order valence-corrected chi connectivity index (χ0v) is 12.2. The molecule has 0 aromatic heterocycles. The molecular weight excluding hydrogens is 286 g/mol. The van der Waals surface area contributed by atoms with Gasteiger partial charge in [-0.05, 0) is 31.2 Å². The number of carbonyl (C=O) groups is 2. The summed E-state index contributed by atoms with van der Waals surface area (Å²) < 4.78 is 14.7. The van der Waals surface area contributed by atoms with E-state index in [-0.39, 0.29) is 23.5 Å². The molecule has 0 heterocycles. The molecule has 0 atom stereocenters. The van der Waals surface area contributed by atoms with Crippen LogP contribution in [-0.2, 0) is 9.47 Å². The van der Waals surface area contributed by atoms with Crippen LogP contribution < -0.4 is 10.5 Å². The van der Waals surface area contributed by atoms with Crippen LogP contribution in [-0.4, -0.2) is 39.3 Å². The summed E-state index contributed by atoms with van der Waals surface area (Å²) >= 11 is 0. The zero-order valence-electron chi connectivity index (χ0n) is 11.4. The number of esters is 2. The van der Waals surface area contributed by atoms with Gasteiger partial charge < -0.3 is 19.9 Å². The summed E-state index contributed by atoms with van der Waals surface area (Å²) in [7, 11) is 2.53. The van der Waals surface area contributed by atoms with Crippen LogP contribution in [0.5, 0.6) is 5.75 Å². The third kappa shape index (κ3) is 5.07. The molecule has 7 heteroatoms. The number of nitrogens with two attached hydrogens (primary N) is 1. The summed E-state index contributed by atoms with van der Waals surface area (Å²) in [6.07, 6.45) is 0.677. The average molecular weight is 304 g/mol. The number of rotatable bonds is 6. The Hall–Kier alpha value is -1.79. The monoisotopic (exact) mass is 303 g/mol. The molecule has 0 aliphatic heterocycles. The fraction of sp³-hybridized carbons (Fsp3) is 0.385. The van der Waals surface area contributed by atoms with E-state index in [1.165, 1.54) is 32.4 Å². The largest absolute Gasteiger partial charge is 0.493 e. The first-order valence-corrected chi connectivity index (χ1v) is 5.77. The van der Waals surface area contributed by atoms with E-state index in [1.807, 2.05) is 0 Å². The van der Waals surface area contributed by atoms with E-state index in [0.717, 1.165) is 0 Å². The number of halogens is 1. The highest BCUT2D eigenvalue weighted by molar-refractivity contribution is 5.96. The lowest BCUT2D eigenvalue weighted by atomic mass is 10.1. The molecule has 0 amide bonds. The molecular formula is C13H18ClNO5. The molecule has 0 aliphatic rings. The van der Waals surface area contributed by atoms with Crippen LogP contribution in [0.4, 0.5) is 0 Å². The molecule has 112 valence electrons. The maximum atomic E-state index is 11.5. The van der Waals surface area contributed by atoms with Crippen molar-refractivity contribution in [2.45, 2.75) is 6.42 Å². The van der Waals surface area contributed by atoms with Gasteiger partial charge in [0.05, 0.1) is 32.0 Å². The van der Waals surface area contributed by atoms with Crippen molar-refractivity contribution in [1.29, 1.82) is 0 Å². The lowest BCUT2D eigenvalue weighted by molar-refractivity contribution is 0.0598. The van der Waals surface area contributed by atoms with Crippen LogP contribution in [0.15, 0.2) is 18.2 Å². The fourth-order valence-electron chi connectivity index (χ4n) is 1.43. The van der Waals surface area contributed by atoms with Gasteiger partial charge in [0.15, 0.2) is 0 Å². The molecule has 20 heavy (non-hydrogen) atoms. The lowest BCUT2D eigenvalue weighted by Gasteiger charge is -2.09. The molecule has 0 unspecified atom stereocenters. The van der Waals surface area contributed by atoms with Crippen molar-refractivity contribution in [2.24, 2.45) is 5.73 Å². The highest BCUT2D eigenvalue weighted by atomic mass is 35.5. The van der Waals surface area contributed by atoms with Crippen LogP contribution >= 0.6 is 12.4 Å². The van der Waals surface area contributed by atoms with Gasteiger partial charge in [0.1, 0.15) is 5.75 Å². The van der Waals surface area contributed by atoms with E-state index in [1.54, 1.807) is 0 Å². The molecule has 0 saturated heterocycles. The van der Waals surface area contributed by atoms with Crippen molar-refractivity contribution in [3.63, 3.8) is 0 Å². The van der Waals surface area contributed by atoms with E-state index < -0.39 is 11.9 Å². The van der Waals surface area contributed by atoms with Crippen molar-refractivity contribution in [2.75, 3.05) is 27.4 Å². The Labute approximate surface area is 123 Å². The third-order valence-electron chi connectivity index (χ3n) is 2.37. The highest BCUT2D eigenvalue weighted by Crippen LogP contribution is 2.19. The fourth-order valence-corrected chi connectivity index (χ4v) is 1.43. The lowest BCUT2D eigenvalue weighted by Crippen LogP contribution is -2.09. The van der Waals surface area contributed by atoms with Crippen molar-refractivity contribution in [1.82, 2.24) is 0 Å². The van der Waals surface area contributed by atoms with Crippen molar-refractivity contribution in [3.05, 3.63) is 29.3 Å². The Bertz CT molecular complexity index is 430. The molecule has 1 aromatic rings. The standard InChI is InChI=1S/C13H17NO5.ClH/c1-17-12(15)9-6-10(13(16)18-2)8-11(7-9)19-5-3-4-14;/h6-8H,3-5,14H2,1-2H3;1H. The van der Waals surface area contributed by atoms with E-state index >= 15 is 0 Å². The minimum Gasteiger partial charge on any atom is -0.493 e. The average Bonchev–Trinajstić information content (AvgIpc) is 2.45. The van der Waals surface area contributed by atoms with Gasteiger partial charge in [-0.3, -0.25) is 0 Å². The molecule has 1 rings (SSSR count). The predicted octanol–water partition coefficient (Wildman–Crippen LogP) is 1.41. The Morgan fingerprint density at radius 2 is 1.55 bits per heavy atom. The summed E-state index contributed by atoms with van der Waals surface area (Å²) in [4.78, 5) is 23.0. The molecule has 0 bridgehead atoms. The summed E-state index contributed by atoms with van der Waals surface area (Å²) in [5, 5.41) is 0. The molecule has 6 nitrogen and oxygen atoms in total. The first kappa shape index (κ1) is 18.2. The van der Waals surface area contributed by atoms with Crippen LogP contribution in [0, 0.1) is 0 Å². The molecule has 0 fully saturated rings. The number of hydrogen-bond donors (Lipinski definition) is 1. The Morgan fingerprint density at radius 3 is 1.95 bits per heavy atom. The third-order valence-corrected chi connectivity index (χ3v) is 2.37. The first-order valence-electron chi connectivity index (χ1n) is 5.77. The maximum Gasteiger partial charge on any atom is 0.338 e. The van der Waals surface area contributed by atoms with Gasteiger partial charge in [0.25, 0.3) is 0 Å². The van der Waals surface area contributed by atoms with Gasteiger partial charge in [0.2, 0.25) is 0 Å². The van der Waals surface area contributed by atoms with Crippen molar-refractivity contribution < 1.29 is 23.8 Å². The van der Waals surface area contributed by atoms with Crippen LogP contribution in [0.3, 0.4) is 0 Å². The predicted molar refractivity (Wildman–Crippen MR) is 75.5 cm³/mol. The number of benzene rings is 1. The normalized spacial score (nSPS) is 9.35. The van der Waals surface area contributed by atoms with Crippen LogP contribution in [0.1, 0.15) is 27.1 Å². The molecule has 0 saturated carbocycles. The maximum absolute atomic E-state index is 11.5. The molecule has 0 radical (unpaired) electrons. The van der Waals surface area contributed by atoms with Gasteiger partial charge in [-0.25, -0.2) is 9.59 Å². The second-order valence-electron chi connectivity index (χ2n) is 3.72. The van der Waals surface area contributed by atoms with Gasteiger partial charge >= 0.3 is 11.9 Å². The summed E-state index contributed by atoms with van der Waals surface area (Å²) in [5.41, 5.74) is 5.82. The second-order valence-corrected chi connectivity index (χ2v) is 3.72. The van der Waals surface area contributed by atoms with Gasteiger partial charge in [-0.1, -0.05) is 0 Å². The SMILES string of the molecule is COC(=O)c1cc(OCCCN)cc(C(=O)OC)c1.Cl. The van der Waals surface area contributed by atoms with Crippen molar-refractivity contribution in [3.8, 4) is 5.75 Å². The van der Waals surface area contributed by atoms with Crippen LogP contribution in [0.25, 0.3) is 0 Å². The summed E-state index contributed by atoms with van der Waals surface area (Å²) in [5.74, 6) is -0.694. The quantitative estimate of drug-likeness (QED) is 0.631. The highest BCUT2D eigenvalue weighted by Gasteiger charge is 2.14. The van der Waals surface area contributed by atoms with Gasteiger partial charge in [0, 0.05) is 0 Å². The summed E-state index contributed by atoms with van der Waals surface area (Å²) in [6, 6.07) is 4.41. The molecule has 0 spiro atoms. The zero-order chi connectivity index (χ0) is 14.3. The number of carbonyl (C=O) groups excluding carboxylic acids is 2. The Balaban J connectivity index is 0.00000361. The van der Waals surface area contributed by atoms with Crippen molar-refractivity contribution >= 4 is 24.3 Å². The minimum atomic E-state index is -0.547. The Kier molecular flexibility index (Phi) is 8.35. The molecule has 2 N–H and O–H groups in total. The summed E-state index contributed by atoms with van der Waals surface area (Å²) in [6.45, 7) is 0.905. The molecule has 0 aliphatic carbocycles. The molecule has 1 aromatic carbocycles.